The van der Waals surface area contributed by atoms with Crippen molar-refractivity contribution in [3.63, 3.8) is 0 Å². The highest BCUT2D eigenvalue weighted by Gasteiger charge is 2.48. The van der Waals surface area contributed by atoms with E-state index in [-0.39, 0.29) is 187 Å². The highest BCUT2D eigenvalue weighted by Crippen LogP contribution is 2.34. The molecule has 0 bridgehead atoms. The zero-order valence-electron chi connectivity index (χ0n) is 58.3. The highest BCUT2D eigenvalue weighted by molar-refractivity contribution is 8.00. The fraction of sp³-hybridized carbons (Fsp3) is 0.705. The minimum atomic E-state index is -1.61. The normalized spacial score (nSPS) is 19.5. The van der Waals surface area contributed by atoms with Crippen molar-refractivity contribution >= 4 is 106 Å². The maximum absolute atomic E-state index is 14.7. The molecule has 0 radical (unpaired) electrons. The molecule has 12 atom stereocenters. The number of nitrogens with one attached hydrogen (secondary N) is 10. The van der Waals surface area contributed by atoms with E-state index in [0.29, 0.717) is 58.1 Å². The number of aromatic nitrogens is 4. The van der Waals surface area contributed by atoms with Crippen LogP contribution in [0.5, 0.6) is 0 Å². The molecule has 2 aromatic heterocycles. The van der Waals surface area contributed by atoms with E-state index in [4.69, 9.17) is 65.8 Å². The molecule has 0 aliphatic carbocycles. The van der Waals surface area contributed by atoms with Gasteiger partial charge in [-0.3, -0.25) is 62.9 Å². The summed E-state index contributed by atoms with van der Waals surface area (Å²) in [5.74, 6) is -5.19. The van der Waals surface area contributed by atoms with Crippen LogP contribution >= 0.6 is 11.8 Å². The van der Waals surface area contributed by atoms with Crippen molar-refractivity contribution < 1.29 is 67.6 Å². The van der Waals surface area contributed by atoms with Crippen LogP contribution in [0.15, 0.2) is 32.6 Å². The quantitative estimate of drug-likeness (QED) is 0.0127. The Morgan fingerprint density at radius 2 is 1.09 bits per heavy atom. The SMILES string of the molecule is COCCOCCNC(=O)C(CCCCNC(=O)CCCC[C@@H]1SC[C@@H]2NC(=O)N[C@@H]21)NC(=O)[C@H](CCCN=C(N)N)NC(=O)[C@H](CCCN=C(N)N)NC(=O)[C@H](CCCN=C(N)N)NC(=O)[C@H](CCCN=C(N)N)NC(=O)CCCCCNC(=O)[C@H]1O[C@@H](n2cnc3c(N)ncnc32)[C@H](O)[C@@H]1O. The second-order valence-electron chi connectivity index (χ2n) is 24.9. The summed E-state index contributed by atoms with van der Waals surface area (Å²) in [6, 6.07) is -6.55. The van der Waals surface area contributed by atoms with Gasteiger partial charge in [0.15, 0.2) is 47.6 Å². The minimum Gasteiger partial charge on any atom is -0.387 e. The maximum atomic E-state index is 14.7. The molecular formula is C61H107N27O14S. The van der Waals surface area contributed by atoms with E-state index in [1.807, 2.05) is 11.8 Å². The van der Waals surface area contributed by atoms with Gasteiger partial charge in [0.2, 0.25) is 41.4 Å². The van der Waals surface area contributed by atoms with E-state index in [0.717, 1.165) is 18.6 Å². The Labute approximate surface area is 600 Å². The van der Waals surface area contributed by atoms with Crippen LogP contribution in [-0.4, -0.2) is 251 Å². The Kier molecular flexibility index (Phi) is 37.3. The number of anilines is 1. The van der Waals surface area contributed by atoms with Crippen molar-refractivity contribution in [3.8, 4) is 0 Å². The topological polar surface area (TPSA) is 669 Å². The largest absolute Gasteiger partial charge is 0.387 e. The van der Waals surface area contributed by atoms with Gasteiger partial charge in [-0.2, -0.15) is 11.8 Å². The number of aliphatic hydroxyl groups excluding tert-OH is 2. The molecule has 5 heterocycles. The number of urea groups is 1. The van der Waals surface area contributed by atoms with Gasteiger partial charge in [0.25, 0.3) is 5.91 Å². The summed E-state index contributed by atoms with van der Waals surface area (Å²) in [5.41, 5.74) is 51.1. The molecule has 42 heteroatoms. The number of unbranched alkanes of at least 4 members (excludes halogenated alkanes) is 4. The van der Waals surface area contributed by atoms with Crippen LogP contribution in [0.3, 0.4) is 0 Å². The van der Waals surface area contributed by atoms with Crippen LogP contribution in [0.4, 0.5) is 10.6 Å². The maximum Gasteiger partial charge on any atom is 0.315 e. The van der Waals surface area contributed by atoms with Crippen molar-refractivity contribution in [1.82, 2.24) is 72.7 Å². The van der Waals surface area contributed by atoms with Crippen LogP contribution < -0.4 is 105 Å². The van der Waals surface area contributed by atoms with Crippen LogP contribution in [0, 0.1) is 0 Å². The molecule has 1 unspecified atom stereocenters. The number of aliphatic imine (C=N–C) groups is 4. The number of carbonyl (C=O) groups excluding carboxylic acids is 9. The fourth-order valence-corrected chi connectivity index (χ4v) is 13.0. The van der Waals surface area contributed by atoms with Gasteiger partial charge in [0.05, 0.1) is 38.2 Å². The smallest absolute Gasteiger partial charge is 0.315 e. The minimum absolute atomic E-state index is 0.00748. The number of fused-ring (bicyclic) bond motifs is 2. The molecule has 2 aromatic rings. The Morgan fingerprint density at radius 3 is 1.64 bits per heavy atom. The molecule has 3 aliphatic heterocycles. The van der Waals surface area contributed by atoms with E-state index in [2.05, 4.69) is 88.1 Å². The lowest BCUT2D eigenvalue weighted by atomic mass is 10.0. The Bertz CT molecular complexity index is 3190. The number of thioether (sulfide) groups is 1. The van der Waals surface area contributed by atoms with Crippen molar-refractivity contribution in [3.05, 3.63) is 12.7 Å². The summed E-state index contributed by atoms with van der Waals surface area (Å²) >= 11 is 1.81. The standard InChI is InChI=1S/C61H107N27O14S/c1-100-29-30-101-28-27-73-50(93)34(13-6-8-21-71-41(89)19-5-4-18-40-43-39(31-103-40)86-61(99)87-43)82-52(95)36(15-10-24-75-58(65)66)84-54(97)38(17-12-26-77-60(69)70)85-53(96)37(16-11-25-76-59(67)68)83-51(94)35(14-9-23-74-57(63)64)81-42(90)20-3-2-7-22-72-55(98)47-45(91)46(92)56(102-47)88-33-80-44-48(62)78-32-79-49(44)88/h32-40,43,45-47,56,91-92H,2-31H2,1H3,(H,71,89)(H,72,98)(H,73,93)(H,81,90)(H,82,95)(H,83,94)(H,84,97)(H,85,96)(H2,62,78,79)(H4,63,64,74)(H4,65,66,75)(H4,67,68,76)(H4,69,70,77)(H2,86,87,99)/t34?,35-,36-,37-,38-,39-,40-,43-,45-,46+,47-,56+/m0/s1. The van der Waals surface area contributed by atoms with E-state index in [9.17, 15) is 53.4 Å². The average Bonchev–Trinajstić information content (AvgIpc) is 1.61. The molecule has 10 amide bonds. The first kappa shape index (κ1) is 84.3. The zero-order valence-corrected chi connectivity index (χ0v) is 59.1. The number of carbonyl (C=O) groups is 9. The molecule has 0 spiro atoms. The van der Waals surface area contributed by atoms with Crippen LogP contribution in [0.2, 0.25) is 0 Å². The predicted octanol–water partition coefficient (Wildman–Crippen LogP) is -6.87. The molecule has 3 fully saturated rings. The molecule has 3 saturated heterocycles. The zero-order chi connectivity index (χ0) is 75.2. The number of hydrogen-bond donors (Lipinski definition) is 21. The molecule has 0 aromatic carbocycles. The third-order valence-corrected chi connectivity index (χ3v) is 18.3. The molecule has 30 N–H and O–H groups in total. The lowest BCUT2D eigenvalue weighted by molar-refractivity contribution is -0.137. The van der Waals surface area contributed by atoms with E-state index < -0.39 is 96.1 Å². The highest BCUT2D eigenvalue weighted by atomic mass is 32.2. The first-order chi connectivity index (χ1) is 49.4. The monoisotopic (exact) mass is 1470 g/mol. The van der Waals surface area contributed by atoms with Crippen LogP contribution in [-0.2, 0) is 52.6 Å². The first-order valence-corrected chi connectivity index (χ1v) is 35.7. The van der Waals surface area contributed by atoms with Gasteiger partial charge < -0.3 is 129 Å². The number of imidazole rings is 1. The Morgan fingerprint density at radius 1 is 0.583 bits per heavy atom. The van der Waals surface area contributed by atoms with Crippen molar-refractivity contribution in [2.75, 3.05) is 84.2 Å². The third-order valence-electron chi connectivity index (χ3n) is 16.8. The number of aliphatic hydroxyl groups is 2. The Hall–Kier alpha value is -9.39. The van der Waals surface area contributed by atoms with Crippen molar-refractivity contribution in [2.45, 2.75) is 194 Å². The van der Waals surface area contributed by atoms with Gasteiger partial charge in [-0.05, 0) is 96.3 Å². The van der Waals surface area contributed by atoms with E-state index in [1.54, 1.807) is 0 Å². The number of nitrogen functional groups attached to an aromatic ring is 1. The Balaban J connectivity index is 1.24. The molecule has 103 heavy (non-hydrogen) atoms. The summed E-state index contributed by atoms with van der Waals surface area (Å²) in [6.07, 6.45) is 1.55. The number of guanidine groups is 4. The van der Waals surface area contributed by atoms with Gasteiger partial charge in [-0.15, -0.1) is 0 Å². The molecule has 576 valence electrons. The second-order valence-corrected chi connectivity index (χ2v) is 26.2. The van der Waals surface area contributed by atoms with Crippen molar-refractivity contribution in [2.24, 2.45) is 65.8 Å². The number of nitrogens with two attached hydrogens (primary N) is 9. The van der Waals surface area contributed by atoms with Gasteiger partial charge in [0, 0.05) is 76.8 Å². The second kappa shape index (κ2) is 45.6. The lowest BCUT2D eigenvalue weighted by Gasteiger charge is -2.27. The fourth-order valence-electron chi connectivity index (χ4n) is 11.5. The summed E-state index contributed by atoms with van der Waals surface area (Å²) < 4.78 is 17.7. The van der Waals surface area contributed by atoms with Gasteiger partial charge >= 0.3 is 6.03 Å². The average molecular weight is 1470 g/mol. The number of hydrogen-bond acceptors (Lipinski definition) is 23. The number of methoxy groups -OCH3 is 1. The first-order valence-electron chi connectivity index (χ1n) is 34.6. The van der Waals surface area contributed by atoms with E-state index in [1.165, 1.54) is 24.3 Å². The van der Waals surface area contributed by atoms with Crippen LogP contribution in [0.1, 0.15) is 128 Å². The van der Waals surface area contributed by atoms with Gasteiger partial charge in [0.1, 0.15) is 54.3 Å². The van der Waals surface area contributed by atoms with Gasteiger partial charge in [-0.25, -0.2) is 19.7 Å². The molecule has 41 nitrogen and oxygen atoms in total. The van der Waals surface area contributed by atoms with Crippen LogP contribution in [0.25, 0.3) is 11.2 Å². The number of ether oxygens (including phenoxy) is 3. The number of nitrogens with zero attached hydrogens (tertiary/aromatic N) is 8. The molecule has 5 rings (SSSR count). The third kappa shape index (κ3) is 30.2. The molecule has 3 aliphatic rings. The molecule has 0 saturated carbocycles. The number of amides is 10. The number of rotatable bonds is 50. The summed E-state index contributed by atoms with van der Waals surface area (Å²) in [4.78, 5) is 152. The van der Waals surface area contributed by atoms with E-state index >= 15 is 0 Å². The summed E-state index contributed by atoms with van der Waals surface area (Å²) in [7, 11) is 1.52. The van der Waals surface area contributed by atoms with Gasteiger partial charge in [-0.1, -0.05) is 12.8 Å². The summed E-state index contributed by atoms with van der Waals surface area (Å²) in [5, 5.41) is 49.9. The van der Waals surface area contributed by atoms with Crippen molar-refractivity contribution in [1.29, 1.82) is 0 Å². The molecular weight excluding hydrogens is 1370 g/mol. The lowest BCUT2D eigenvalue weighted by Crippen LogP contribution is -2.59. The predicted molar refractivity (Wildman–Crippen MR) is 383 cm³/mol. The summed E-state index contributed by atoms with van der Waals surface area (Å²) in [6.45, 7) is 1.34.